The van der Waals surface area contributed by atoms with Gasteiger partial charge in [-0.05, 0) is 43.2 Å². The van der Waals surface area contributed by atoms with Crippen LogP contribution in [0.2, 0.25) is 0 Å². The van der Waals surface area contributed by atoms with Crippen molar-refractivity contribution in [3.63, 3.8) is 0 Å². The van der Waals surface area contributed by atoms with E-state index in [-0.39, 0.29) is 29.7 Å². The van der Waals surface area contributed by atoms with E-state index in [1.807, 2.05) is 0 Å². The molecule has 0 aliphatic carbocycles. The maximum atomic E-state index is 13.7. The zero-order valence-corrected chi connectivity index (χ0v) is 18.0. The van der Waals surface area contributed by atoms with Crippen molar-refractivity contribution in [1.29, 1.82) is 0 Å². The van der Waals surface area contributed by atoms with Crippen molar-refractivity contribution in [2.45, 2.75) is 31.4 Å². The van der Waals surface area contributed by atoms with Crippen LogP contribution < -0.4 is 14.8 Å². The van der Waals surface area contributed by atoms with Crippen LogP contribution in [0.1, 0.15) is 40.9 Å². The first-order chi connectivity index (χ1) is 16.0. The van der Waals surface area contributed by atoms with Crippen molar-refractivity contribution in [1.82, 2.24) is 10.3 Å². The monoisotopic (exact) mass is 462 g/mol. The molecule has 0 unspecified atom stereocenters. The highest BCUT2D eigenvalue weighted by molar-refractivity contribution is 6.08. The molecular formula is C23H24F2N2O6. The first kappa shape index (κ1) is 22.9. The molecule has 10 heteroatoms. The zero-order chi connectivity index (χ0) is 23.4. The van der Waals surface area contributed by atoms with Gasteiger partial charge in [0.15, 0.2) is 5.76 Å². The Morgan fingerprint density at radius 1 is 1.30 bits per heavy atom. The number of methoxy groups -OCH3 is 1. The third-order valence-corrected chi connectivity index (χ3v) is 5.68. The summed E-state index contributed by atoms with van der Waals surface area (Å²) in [6.45, 7) is 0.495. The van der Waals surface area contributed by atoms with E-state index in [0.29, 0.717) is 43.2 Å². The molecule has 3 heterocycles. The van der Waals surface area contributed by atoms with Gasteiger partial charge in [-0.3, -0.25) is 4.79 Å². The van der Waals surface area contributed by atoms with Gasteiger partial charge in [0, 0.05) is 24.8 Å². The number of nitrogens with one attached hydrogen (secondary N) is 1. The van der Waals surface area contributed by atoms with Gasteiger partial charge >= 0.3 is 0 Å². The van der Waals surface area contributed by atoms with Crippen molar-refractivity contribution in [2.75, 3.05) is 26.9 Å². The number of pyridine rings is 1. The number of carbonyl (C=O) groups excluding carboxylic acids is 1. The number of halogens is 2. The molecule has 1 amide bonds. The summed E-state index contributed by atoms with van der Waals surface area (Å²) in [5.74, 6) is -0.709. The van der Waals surface area contributed by atoms with Crippen LogP contribution >= 0.6 is 0 Å². The average Bonchev–Trinajstić information content (AvgIpc) is 3.23. The molecule has 0 saturated carbocycles. The number of hydrogen-bond acceptors (Lipinski definition) is 7. The number of benzene rings is 1. The number of aliphatic hydroxyl groups excluding tert-OH is 1. The van der Waals surface area contributed by atoms with Crippen molar-refractivity contribution in [3.8, 4) is 11.6 Å². The number of fused-ring (bicyclic) bond motifs is 1. The van der Waals surface area contributed by atoms with E-state index in [9.17, 15) is 18.7 Å². The minimum Gasteiger partial charge on any atom is -0.489 e. The smallest absolute Gasteiger partial charge is 0.296 e. The number of hydrogen-bond donors (Lipinski definition) is 2. The van der Waals surface area contributed by atoms with Crippen LogP contribution in [0.25, 0.3) is 11.0 Å². The molecule has 2 N–H and O–H groups in total. The number of amides is 1. The van der Waals surface area contributed by atoms with Gasteiger partial charge in [0.05, 0.1) is 30.4 Å². The molecule has 2 aromatic heterocycles. The van der Waals surface area contributed by atoms with Crippen molar-refractivity contribution < 1.29 is 37.3 Å². The number of aliphatic hydroxyl groups is 1. The van der Waals surface area contributed by atoms with E-state index >= 15 is 0 Å². The van der Waals surface area contributed by atoms with E-state index < -0.39 is 23.6 Å². The average molecular weight is 462 g/mol. The maximum Gasteiger partial charge on any atom is 0.296 e. The van der Waals surface area contributed by atoms with E-state index in [2.05, 4.69) is 10.3 Å². The molecule has 4 rings (SSSR count). The molecule has 33 heavy (non-hydrogen) atoms. The normalized spacial score (nSPS) is 15.5. The minimum atomic E-state index is -3.00. The second kappa shape index (κ2) is 9.72. The largest absolute Gasteiger partial charge is 0.489 e. The van der Waals surface area contributed by atoms with Crippen LogP contribution in [0.3, 0.4) is 0 Å². The molecule has 176 valence electrons. The van der Waals surface area contributed by atoms with Gasteiger partial charge in [-0.25, -0.2) is 13.8 Å². The lowest BCUT2D eigenvalue weighted by Gasteiger charge is -2.36. The molecule has 0 bridgehead atoms. The summed E-state index contributed by atoms with van der Waals surface area (Å²) in [7, 11) is 1.50. The second-order valence-electron chi connectivity index (χ2n) is 7.77. The Morgan fingerprint density at radius 3 is 2.79 bits per heavy atom. The Bertz CT molecular complexity index is 1130. The van der Waals surface area contributed by atoms with Gasteiger partial charge < -0.3 is 29.1 Å². The number of aromatic nitrogens is 1. The van der Waals surface area contributed by atoms with E-state index in [1.165, 1.54) is 19.2 Å². The molecule has 1 fully saturated rings. The third kappa shape index (κ3) is 4.76. The van der Waals surface area contributed by atoms with Crippen LogP contribution in [0.5, 0.6) is 11.6 Å². The quantitative estimate of drug-likeness (QED) is 0.527. The summed E-state index contributed by atoms with van der Waals surface area (Å²) in [5, 5.41) is 12.8. The number of nitrogens with zero attached hydrogens (tertiary/aromatic N) is 1. The number of rotatable bonds is 8. The minimum absolute atomic E-state index is 0.122. The highest BCUT2D eigenvalue weighted by Gasteiger charge is 2.36. The van der Waals surface area contributed by atoms with Gasteiger partial charge in [0.2, 0.25) is 5.88 Å². The predicted molar refractivity (Wildman–Crippen MR) is 114 cm³/mol. The van der Waals surface area contributed by atoms with Gasteiger partial charge in [-0.2, -0.15) is 0 Å². The van der Waals surface area contributed by atoms with Gasteiger partial charge in [0.25, 0.3) is 12.3 Å². The number of ether oxygens (including phenoxy) is 3. The van der Waals surface area contributed by atoms with Gasteiger partial charge in [-0.1, -0.05) is 0 Å². The SMILES string of the molecule is COc1ncccc1COc1ccc2oc(C(F)F)c(C(=O)NC3(CO)CCOCC3)c2c1. The lowest BCUT2D eigenvalue weighted by Crippen LogP contribution is -2.54. The Hall–Kier alpha value is -3.24. The van der Waals surface area contributed by atoms with E-state index in [0.717, 1.165) is 0 Å². The fraction of sp³-hybridized carbons (Fsp3) is 0.391. The standard InChI is InChI=1S/C23H24F2N2O6/c1-30-22-14(3-2-8-26-22)12-32-15-4-5-17-16(11-15)18(19(33-17)20(24)25)21(29)27-23(13-28)6-9-31-10-7-23/h2-5,8,11,20,28H,6-7,9-10,12-13H2,1H3,(H,27,29). The van der Waals surface area contributed by atoms with Crippen molar-refractivity contribution in [2.24, 2.45) is 0 Å². The number of furan rings is 1. The van der Waals surface area contributed by atoms with Crippen LogP contribution in [-0.4, -0.2) is 48.5 Å². The number of carbonyl (C=O) groups is 1. The highest BCUT2D eigenvalue weighted by atomic mass is 19.3. The molecule has 0 atom stereocenters. The highest BCUT2D eigenvalue weighted by Crippen LogP contribution is 2.35. The van der Waals surface area contributed by atoms with Crippen LogP contribution in [0.4, 0.5) is 8.78 Å². The third-order valence-electron chi connectivity index (χ3n) is 5.68. The molecule has 1 aromatic carbocycles. The van der Waals surface area contributed by atoms with Crippen molar-refractivity contribution in [3.05, 3.63) is 53.4 Å². The fourth-order valence-corrected chi connectivity index (χ4v) is 3.84. The topological polar surface area (TPSA) is 103 Å². The molecule has 0 radical (unpaired) electrons. The van der Waals surface area contributed by atoms with E-state index in [1.54, 1.807) is 24.4 Å². The van der Waals surface area contributed by atoms with Crippen LogP contribution in [0, 0.1) is 0 Å². The summed E-state index contributed by atoms with van der Waals surface area (Å²) in [4.78, 5) is 17.2. The Morgan fingerprint density at radius 2 is 2.09 bits per heavy atom. The fourth-order valence-electron chi connectivity index (χ4n) is 3.84. The van der Waals surface area contributed by atoms with Crippen LogP contribution in [0.15, 0.2) is 40.9 Å². The maximum absolute atomic E-state index is 13.7. The summed E-state index contributed by atoms with van der Waals surface area (Å²) < 4.78 is 49.1. The Kier molecular flexibility index (Phi) is 6.75. The van der Waals surface area contributed by atoms with E-state index in [4.69, 9.17) is 18.6 Å². The van der Waals surface area contributed by atoms with Crippen LogP contribution in [-0.2, 0) is 11.3 Å². The summed E-state index contributed by atoms with van der Waals surface area (Å²) in [5.41, 5.74) is -0.387. The van der Waals surface area contributed by atoms with Gasteiger partial charge in [0.1, 0.15) is 17.9 Å². The molecule has 1 aliphatic rings. The second-order valence-corrected chi connectivity index (χ2v) is 7.77. The lowest BCUT2D eigenvalue weighted by atomic mass is 9.90. The van der Waals surface area contributed by atoms with Crippen molar-refractivity contribution >= 4 is 16.9 Å². The molecular weight excluding hydrogens is 438 g/mol. The molecule has 1 aliphatic heterocycles. The summed E-state index contributed by atoms with van der Waals surface area (Å²) >= 11 is 0. The Balaban J connectivity index is 1.64. The van der Waals surface area contributed by atoms with Gasteiger partial charge in [-0.15, -0.1) is 0 Å². The molecule has 1 saturated heterocycles. The zero-order valence-electron chi connectivity index (χ0n) is 18.0. The first-order valence-electron chi connectivity index (χ1n) is 10.4. The lowest BCUT2D eigenvalue weighted by molar-refractivity contribution is 0.0124. The predicted octanol–water partition coefficient (Wildman–Crippen LogP) is 3.62. The molecule has 8 nitrogen and oxygen atoms in total. The first-order valence-corrected chi connectivity index (χ1v) is 10.4. The Labute approximate surface area is 188 Å². The summed E-state index contributed by atoms with van der Waals surface area (Å²) in [6, 6.07) is 8.06. The molecule has 0 spiro atoms. The summed E-state index contributed by atoms with van der Waals surface area (Å²) in [6.07, 6.45) is -0.664. The number of alkyl halides is 2. The molecule has 3 aromatic rings.